The first-order valence-corrected chi connectivity index (χ1v) is 7.06. The Morgan fingerprint density at radius 2 is 1.84 bits per heavy atom. The van der Waals surface area contributed by atoms with E-state index in [1.807, 2.05) is 30.3 Å². The van der Waals surface area contributed by atoms with Crippen LogP contribution in [0.15, 0.2) is 48.5 Å². The monoisotopic (exact) mass is 322 g/mol. The summed E-state index contributed by atoms with van der Waals surface area (Å²) in [6.07, 6.45) is -0.661. The normalized spacial score (nSPS) is 12.1. The number of aromatic hydroxyl groups is 1. The minimum absolute atomic E-state index is 0.0839. The van der Waals surface area contributed by atoms with Crippen LogP contribution >= 0.6 is 15.9 Å². The van der Waals surface area contributed by atoms with Crippen molar-refractivity contribution >= 4 is 15.9 Å². The summed E-state index contributed by atoms with van der Waals surface area (Å²) in [5, 5.41) is 19.8. The zero-order valence-electron chi connectivity index (χ0n) is 10.3. The maximum Gasteiger partial charge on any atom is 0.123 e. The van der Waals surface area contributed by atoms with E-state index < -0.39 is 6.10 Å². The second-order valence-corrected chi connectivity index (χ2v) is 4.85. The molecule has 100 valence electrons. The second kappa shape index (κ2) is 6.59. The van der Waals surface area contributed by atoms with Crippen LogP contribution in [-0.2, 0) is 6.61 Å². The summed E-state index contributed by atoms with van der Waals surface area (Å²) in [7, 11) is 0. The van der Waals surface area contributed by atoms with E-state index in [9.17, 15) is 10.2 Å². The van der Waals surface area contributed by atoms with Crippen LogP contribution in [0, 0.1) is 0 Å². The van der Waals surface area contributed by atoms with Gasteiger partial charge in [-0.15, -0.1) is 0 Å². The van der Waals surface area contributed by atoms with Crippen LogP contribution in [0.25, 0.3) is 0 Å². The molecule has 0 aromatic heterocycles. The molecular weight excluding hydrogens is 308 g/mol. The lowest BCUT2D eigenvalue weighted by Gasteiger charge is -2.12. The van der Waals surface area contributed by atoms with Gasteiger partial charge in [0.25, 0.3) is 0 Å². The molecule has 0 aliphatic carbocycles. The van der Waals surface area contributed by atoms with Crippen molar-refractivity contribution in [3.63, 3.8) is 0 Å². The van der Waals surface area contributed by atoms with E-state index >= 15 is 0 Å². The lowest BCUT2D eigenvalue weighted by atomic mass is 10.1. The van der Waals surface area contributed by atoms with Gasteiger partial charge in [-0.1, -0.05) is 46.3 Å². The minimum atomic E-state index is -0.661. The summed E-state index contributed by atoms with van der Waals surface area (Å²) >= 11 is 3.20. The van der Waals surface area contributed by atoms with Crippen LogP contribution in [-0.4, -0.2) is 15.5 Å². The number of halogens is 1. The third kappa shape index (κ3) is 3.98. The Balaban J connectivity index is 2.10. The van der Waals surface area contributed by atoms with Crippen LogP contribution in [0.4, 0.5) is 0 Å². The fraction of sp³-hybridized carbons (Fsp3) is 0.200. The lowest BCUT2D eigenvalue weighted by molar-refractivity contribution is 0.204. The Morgan fingerprint density at radius 3 is 2.53 bits per heavy atom. The number of hydrogen-bond acceptors (Lipinski definition) is 3. The van der Waals surface area contributed by atoms with Gasteiger partial charge in [0.05, 0.1) is 6.10 Å². The maximum absolute atomic E-state index is 9.75. The number of benzene rings is 2. The molecule has 0 fully saturated rings. The van der Waals surface area contributed by atoms with Crippen molar-refractivity contribution < 1.29 is 14.9 Å². The van der Waals surface area contributed by atoms with E-state index in [2.05, 4.69) is 15.9 Å². The molecule has 1 unspecified atom stereocenters. The third-order valence-electron chi connectivity index (χ3n) is 2.69. The highest BCUT2D eigenvalue weighted by atomic mass is 79.9. The highest BCUT2D eigenvalue weighted by Gasteiger charge is 2.09. The molecule has 2 N–H and O–H groups in total. The van der Waals surface area contributed by atoms with Crippen molar-refractivity contribution in [2.24, 2.45) is 0 Å². The number of rotatable bonds is 5. The average Bonchev–Trinajstić information content (AvgIpc) is 2.45. The Labute approximate surface area is 120 Å². The first kappa shape index (κ1) is 13.9. The summed E-state index contributed by atoms with van der Waals surface area (Å²) < 4.78 is 5.62. The van der Waals surface area contributed by atoms with Gasteiger partial charge in [0.2, 0.25) is 0 Å². The van der Waals surface area contributed by atoms with E-state index in [1.165, 1.54) is 12.1 Å². The van der Waals surface area contributed by atoms with Gasteiger partial charge in [-0.3, -0.25) is 0 Å². The Hall–Kier alpha value is -1.52. The smallest absolute Gasteiger partial charge is 0.123 e. The third-order valence-corrected chi connectivity index (χ3v) is 3.31. The van der Waals surface area contributed by atoms with Gasteiger partial charge in [-0.2, -0.15) is 0 Å². The molecule has 4 heteroatoms. The Bertz CT molecular complexity index is 528. The van der Waals surface area contributed by atoms with Gasteiger partial charge < -0.3 is 14.9 Å². The molecule has 2 aromatic rings. The molecule has 0 radical (unpaired) electrons. The first-order chi connectivity index (χ1) is 9.19. The fourth-order valence-corrected chi connectivity index (χ4v) is 2.09. The molecule has 19 heavy (non-hydrogen) atoms. The standard InChI is InChI=1S/C15H15BrO3/c16-9-15(18)12-6-13(17)8-14(7-12)19-10-11-4-2-1-3-5-11/h1-8,15,17-18H,9-10H2. The van der Waals surface area contributed by atoms with Crippen molar-refractivity contribution in [2.45, 2.75) is 12.7 Å². The predicted octanol–water partition coefficient (Wildman–Crippen LogP) is 3.40. The van der Waals surface area contributed by atoms with Crippen molar-refractivity contribution in [3.8, 4) is 11.5 Å². The van der Waals surface area contributed by atoms with Gasteiger partial charge in [0.1, 0.15) is 18.1 Å². The number of phenolic OH excluding ortho intramolecular Hbond substituents is 1. The highest BCUT2D eigenvalue weighted by molar-refractivity contribution is 9.09. The average molecular weight is 323 g/mol. The number of aliphatic hydroxyl groups is 1. The van der Waals surface area contributed by atoms with Crippen LogP contribution in [0.5, 0.6) is 11.5 Å². The van der Waals surface area contributed by atoms with Gasteiger partial charge in [-0.05, 0) is 23.3 Å². The number of ether oxygens (including phenoxy) is 1. The van der Waals surface area contributed by atoms with Crippen LogP contribution in [0.2, 0.25) is 0 Å². The van der Waals surface area contributed by atoms with Gasteiger partial charge in [0.15, 0.2) is 0 Å². The summed E-state index contributed by atoms with van der Waals surface area (Å²) in [4.78, 5) is 0. The molecule has 2 rings (SSSR count). The molecular formula is C15H15BrO3. The van der Waals surface area contributed by atoms with Crippen molar-refractivity contribution in [3.05, 3.63) is 59.7 Å². The molecule has 0 saturated heterocycles. The van der Waals surface area contributed by atoms with Crippen LogP contribution < -0.4 is 4.74 Å². The SMILES string of the molecule is Oc1cc(OCc2ccccc2)cc(C(O)CBr)c1. The molecule has 0 spiro atoms. The number of alkyl halides is 1. The molecule has 2 aromatic carbocycles. The van der Waals surface area contributed by atoms with Crippen molar-refractivity contribution in [1.29, 1.82) is 0 Å². The van der Waals surface area contributed by atoms with E-state index in [0.717, 1.165) is 5.56 Å². The van der Waals surface area contributed by atoms with Crippen molar-refractivity contribution in [2.75, 3.05) is 5.33 Å². The molecule has 0 heterocycles. The highest BCUT2D eigenvalue weighted by Crippen LogP contribution is 2.27. The van der Waals surface area contributed by atoms with E-state index in [-0.39, 0.29) is 5.75 Å². The topological polar surface area (TPSA) is 49.7 Å². The molecule has 0 aliphatic rings. The molecule has 0 bridgehead atoms. The lowest BCUT2D eigenvalue weighted by Crippen LogP contribution is -2.00. The Kier molecular flexibility index (Phi) is 4.82. The molecule has 0 aliphatic heterocycles. The number of hydrogen-bond donors (Lipinski definition) is 2. The summed E-state index contributed by atoms with van der Waals surface area (Å²) in [6.45, 7) is 0.425. The molecule has 1 atom stereocenters. The van der Waals surface area contributed by atoms with Gasteiger partial charge in [0, 0.05) is 11.4 Å². The Morgan fingerprint density at radius 1 is 1.11 bits per heavy atom. The number of phenols is 1. The van der Waals surface area contributed by atoms with Gasteiger partial charge in [-0.25, -0.2) is 0 Å². The summed E-state index contributed by atoms with van der Waals surface area (Å²) in [6, 6.07) is 14.6. The predicted molar refractivity (Wildman–Crippen MR) is 77.6 cm³/mol. The first-order valence-electron chi connectivity index (χ1n) is 5.94. The zero-order chi connectivity index (χ0) is 13.7. The van der Waals surface area contributed by atoms with Gasteiger partial charge >= 0.3 is 0 Å². The molecule has 0 amide bonds. The van der Waals surface area contributed by atoms with Crippen LogP contribution in [0.1, 0.15) is 17.2 Å². The molecule has 3 nitrogen and oxygen atoms in total. The van der Waals surface area contributed by atoms with Crippen LogP contribution in [0.3, 0.4) is 0 Å². The quantitative estimate of drug-likeness (QED) is 0.829. The summed E-state index contributed by atoms with van der Waals surface area (Å²) in [5.74, 6) is 0.624. The minimum Gasteiger partial charge on any atom is -0.508 e. The zero-order valence-corrected chi connectivity index (χ0v) is 11.9. The largest absolute Gasteiger partial charge is 0.508 e. The maximum atomic E-state index is 9.75. The fourth-order valence-electron chi connectivity index (χ4n) is 1.71. The van der Waals surface area contributed by atoms with E-state index in [1.54, 1.807) is 6.07 Å². The van der Waals surface area contributed by atoms with E-state index in [4.69, 9.17) is 4.74 Å². The van der Waals surface area contributed by atoms with E-state index in [0.29, 0.717) is 23.2 Å². The summed E-state index contributed by atoms with van der Waals surface area (Å²) in [5.41, 5.74) is 1.67. The number of aliphatic hydroxyl groups excluding tert-OH is 1. The van der Waals surface area contributed by atoms with Crippen molar-refractivity contribution in [1.82, 2.24) is 0 Å². The molecule has 0 saturated carbocycles. The second-order valence-electron chi connectivity index (χ2n) is 4.20.